The highest BCUT2D eigenvalue weighted by Crippen LogP contribution is 2.18. The molecule has 15 heavy (non-hydrogen) atoms. The molecule has 0 bridgehead atoms. The van der Waals surface area contributed by atoms with Crippen LogP contribution >= 0.6 is 0 Å². The number of aliphatic imine (C=N–C) groups is 1. The topological polar surface area (TPSA) is 104 Å². The molecule has 1 aromatic heterocycles. The van der Waals surface area contributed by atoms with E-state index in [9.17, 15) is 14.4 Å². The summed E-state index contributed by atoms with van der Waals surface area (Å²) in [4.78, 5) is 41.9. The van der Waals surface area contributed by atoms with E-state index in [4.69, 9.17) is 0 Å². The summed E-state index contributed by atoms with van der Waals surface area (Å²) in [5.41, 5.74) is 0.395. The normalized spacial score (nSPS) is 18.4. The lowest BCUT2D eigenvalue weighted by atomic mass is 10.2. The first-order valence-corrected chi connectivity index (χ1v) is 4.09. The Kier molecular flexibility index (Phi) is 2.13. The summed E-state index contributed by atoms with van der Waals surface area (Å²) in [5, 5.41) is 2.65. The van der Waals surface area contributed by atoms with Gasteiger partial charge in [-0.1, -0.05) is 0 Å². The molecule has 2 heterocycles. The van der Waals surface area contributed by atoms with Gasteiger partial charge in [0, 0.05) is 0 Å². The van der Waals surface area contributed by atoms with Gasteiger partial charge in [-0.3, -0.25) is 14.4 Å². The van der Waals surface area contributed by atoms with Gasteiger partial charge in [-0.25, -0.2) is 9.98 Å². The molecule has 1 unspecified atom stereocenters. The number of aromatic amines is 1. The van der Waals surface area contributed by atoms with Crippen LogP contribution in [0.4, 0.5) is 5.82 Å². The van der Waals surface area contributed by atoms with Crippen molar-refractivity contribution in [1.82, 2.24) is 9.97 Å². The molecular weight excluding hydrogens is 200 g/mol. The Morgan fingerprint density at radius 3 is 2.67 bits per heavy atom. The lowest BCUT2D eigenvalue weighted by Gasteiger charge is -2.14. The van der Waals surface area contributed by atoms with Crippen LogP contribution in [0.5, 0.6) is 0 Å². The molecule has 2 N–H and O–H groups in total. The summed E-state index contributed by atoms with van der Waals surface area (Å²) < 4.78 is 0. The molecule has 0 fully saturated rings. The number of rotatable bonds is 3. The van der Waals surface area contributed by atoms with Crippen LogP contribution in [-0.2, 0) is 9.59 Å². The number of nitrogens with one attached hydrogen (secondary N) is 2. The van der Waals surface area contributed by atoms with Crippen molar-refractivity contribution < 1.29 is 15.8 Å². The van der Waals surface area contributed by atoms with Gasteiger partial charge in [0.15, 0.2) is 36.7 Å². The van der Waals surface area contributed by atoms with Crippen molar-refractivity contribution in [2.45, 2.75) is 6.17 Å². The minimum absolute atomic E-state index is 0. The second-order valence-electron chi connectivity index (χ2n) is 2.82. The van der Waals surface area contributed by atoms with E-state index in [0.29, 0.717) is 24.6 Å². The van der Waals surface area contributed by atoms with E-state index in [2.05, 4.69) is 20.3 Å². The number of hydrogen-bond acceptors (Lipinski definition) is 6. The van der Waals surface area contributed by atoms with Gasteiger partial charge in [0.1, 0.15) is 11.4 Å². The molecule has 7 heteroatoms. The molecule has 1 atom stereocenters. The number of aldehydes is 3. The summed E-state index contributed by atoms with van der Waals surface area (Å²) >= 11 is 0. The summed E-state index contributed by atoms with van der Waals surface area (Å²) in [7, 11) is 0. The number of imidazole rings is 1. The Hall–Kier alpha value is -2.31. The monoisotopic (exact) mass is 207 g/mol. The average molecular weight is 207 g/mol. The number of carbonyl (C=O) groups is 3. The lowest BCUT2D eigenvalue weighted by molar-refractivity contribution is -0.108. The van der Waals surface area contributed by atoms with Crippen molar-refractivity contribution in [3.63, 3.8) is 0 Å². The van der Waals surface area contributed by atoms with Crippen LogP contribution in [0.2, 0.25) is 0 Å². The highest BCUT2D eigenvalue weighted by atomic mass is 16.1. The maximum Gasteiger partial charge on any atom is 1.00 e. The highest BCUT2D eigenvalue weighted by Gasteiger charge is 2.23. The first kappa shape index (κ1) is 9.25. The van der Waals surface area contributed by atoms with Crippen LogP contribution in [0, 0.1) is 0 Å². The number of hydrogen-bond donors (Lipinski definition) is 2. The number of nitrogens with zero attached hydrogens (tertiary/aromatic N) is 2. The van der Waals surface area contributed by atoms with Gasteiger partial charge in [0.05, 0.1) is 0 Å². The van der Waals surface area contributed by atoms with Gasteiger partial charge < -0.3 is 10.3 Å². The molecule has 0 saturated heterocycles. The minimum Gasteiger partial charge on any atom is -0.341 e. The SMILES string of the molecule is O=CC1=NC(C=O)Nc2nc(C=O)[nH]c21.[H+]. The van der Waals surface area contributed by atoms with Gasteiger partial charge in [-0.15, -0.1) is 0 Å². The van der Waals surface area contributed by atoms with Crippen molar-refractivity contribution in [2.75, 3.05) is 5.32 Å². The van der Waals surface area contributed by atoms with Crippen molar-refractivity contribution in [3.8, 4) is 0 Å². The molecule has 0 aliphatic carbocycles. The van der Waals surface area contributed by atoms with Crippen LogP contribution < -0.4 is 5.32 Å². The van der Waals surface area contributed by atoms with Crippen molar-refractivity contribution in [1.29, 1.82) is 0 Å². The molecular formula is C8H7N4O3+. The predicted octanol–water partition coefficient (Wildman–Crippen LogP) is -0.727. The Balaban J connectivity index is 0.00000128. The standard InChI is InChI=1S/C8H6N4O3/c13-1-4-7-8(11-5(2-14)9-4)12-6(3-15)10-7/h1-3,5,11H,(H,10,12)/p+1. The zero-order chi connectivity index (χ0) is 10.8. The maximum atomic E-state index is 10.7. The van der Waals surface area contributed by atoms with Crippen LogP contribution in [0.3, 0.4) is 0 Å². The fourth-order valence-electron chi connectivity index (χ4n) is 1.28. The summed E-state index contributed by atoms with van der Waals surface area (Å²) in [6.07, 6.45) is 0.726. The van der Waals surface area contributed by atoms with Crippen LogP contribution in [0.25, 0.3) is 0 Å². The van der Waals surface area contributed by atoms with E-state index < -0.39 is 6.17 Å². The van der Waals surface area contributed by atoms with Gasteiger partial charge in [-0.2, -0.15) is 0 Å². The zero-order valence-corrected chi connectivity index (χ0v) is 7.43. The first-order chi connectivity index (χ1) is 7.28. The third kappa shape index (κ3) is 1.43. The molecule has 7 nitrogen and oxygen atoms in total. The van der Waals surface area contributed by atoms with E-state index in [1.54, 1.807) is 0 Å². The van der Waals surface area contributed by atoms with Crippen LogP contribution in [0.15, 0.2) is 4.99 Å². The molecule has 2 rings (SSSR count). The minimum atomic E-state index is -0.833. The largest absolute Gasteiger partial charge is 1.00 e. The fraction of sp³-hybridized carbons (Fsp3) is 0.125. The third-order valence-electron chi connectivity index (χ3n) is 1.89. The molecule has 76 valence electrons. The molecule has 0 spiro atoms. The Labute approximate surface area is 85.1 Å². The molecule has 1 aliphatic heterocycles. The number of aromatic nitrogens is 2. The first-order valence-electron chi connectivity index (χ1n) is 4.09. The van der Waals surface area contributed by atoms with Gasteiger partial charge in [0.2, 0.25) is 0 Å². The van der Waals surface area contributed by atoms with E-state index in [-0.39, 0.29) is 18.8 Å². The Bertz CT molecular complexity index is 468. The molecule has 0 saturated carbocycles. The van der Waals surface area contributed by atoms with Crippen molar-refractivity contribution in [3.05, 3.63) is 11.5 Å². The molecule has 0 radical (unpaired) electrons. The summed E-state index contributed by atoms with van der Waals surface area (Å²) in [6, 6.07) is 0. The Morgan fingerprint density at radius 2 is 2.07 bits per heavy atom. The lowest BCUT2D eigenvalue weighted by Crippen LogP contribution is -2.27. The van der Waals surface area contributed by atoms with Crippen molar-refractivity contribution in [2.24, 2.45) is 4.99 Å². The summed E-state index contributed by atoms with van der Waals surface area (Å²) in [5.74, 6) is 0.361. The zero-order valence-electron chi connectivity index (χ0n) is 8.43. The molecule has 0 aromatic carbocycles. The average Bonchev–Trinajstić information content (AvgIpc) is 2.70. The second kappa shape index (κ2) is 3.45. The predicted molar refractivity (Wildman–Crippen MR) is 51.2 cm³/mol. The number of fused-ring (bicyclic) bond motifs is 1. The quantitative estimate of drug-likeness (QED) is 0.636. The fourth-order valence-corrected chi connectivity index (χ4v) is 1.28. The number of H-pyrrole nitrogens is 1. The molecule has 1 aromatic rings. The smallest absolute Gasteiger partial charge is 0.341 e. The van der Waals surface area contributed by atoms with E-state index in [1.807, 2.05) is 0 Å². The van der Waals surface area contributed by atoms with Gasteiger partial charge >= 0.3 is 1.43 Å². The number of anilines is 1. The molecule has 0 amide bonds. The number of carbonyl (C=O) groups excluding carboxylic acids is 3. The highest BCUT2D eigenvalue weighted by molar-refractivity contribution is 6.37. The third-order valence-corrected chi connectivity index (χ3v) is 1.89. The van der Waals surface area contributed by atoms with Gasteiger partial charge in [0.25, 0.3) is 0 Å². The Morgan fingerprint density at radius 1 is 1.27 bits per heavy atom. The van der Waals surface area contributed by atoms with E-state index >= 15 is 0 Å². The van der Waals surface area contributed by atoms with Gasteiger partial charge in [-0.05, 0) is 0 Å². The van der Waals surface area contributed by atoms with E-state index in [1.165, 1.54) is 0 Å². The van der Waals surface area contributed by atoms with Crippen molar-refractivity contribution >= 4 is 30.4 Å². The van der Waals surface area contributed by atoms with Crippen LogP contribution in [-0.4, -0.2) is 40.7 Å². The summed E-state index contributed by atoms with van der Waals surface area (Å²) in [6.45, 7) is 0. The molecule has 1 aliphatic rings. The van der Waals surface area contributed by atoms with Crippen LogP contribution in [0.1, 0.15) is 17.7 Å². The van der Waals surface area contributed by atoms with E-state index in [0.717, 1.165) is 0 Å². The maximum absolute atomic E-state index is 10.7. The second-order valence-corrected chi connectivity index (χ2v) is 2.82.